The molecule has 2 amide bonds. The molecule has 1 aliphatic carbocycles. The number of anilines is 1. The predicted octanol–water partition coefficient (Wildman–Crippen LogP) is 2.92. The first kappa shape index (κ1) is 21.7. The van der Waals surface area contributed by atoms with Crippen molar-refractivity contribution in [2.24, 2.45) is 11.8 Å². The van der Waals surface area contributed by atoms with Crippen molar-refractivity contribution < 1.29 is 9.59 Å². The minimum absolute atomic E-state index is 0. The molecule has 1 heterocycles. The van der Waals surface area contributed by atoms with Gasteiger partial charge >= 0.3 is 0 Å². The molecule has 0 radical (unpaired) electrons. The number of likely N-dealkylation sites (N-methyl/N-ethyl adjacent to an activating group) is 1. The van der Waals surface area contributed by atoms with Gasteiger partial charge in [-0.3, -0.25) is 9.59 Å². The van der Waals surface area contributed by atoms with Crippen molar-refractivity contribution in [2.75, 3.05) is 24.5 Å². The topological polar surface area (TPSA) is 61.4 Å². The first-order chi connectivity index (χ1) is 12.6. The van der Waals surface area contributed by atoms with Gasteiger partial charge < -0.3 is 15.5 Å². The number of halogens is 1. The molecule has 1 aromatic rings. The molecule has 6 heteroatoms. The molecule has 1 saturated carbocycles. The van der Waals surface area contributed by atoms with E-state index in [0.29, 0.717) is 6.54 Å². The summed E-state index contributed by atoms with van der Waals surface area (Å²) in [5, 5.41) is 6.23. The summed E-state index contributed by atoms with van der Waals surface area (Å²) < 4.78 is 0. The largest absolute Gasteiger partial charge is 0.355 e. The van der Waals surface area contributed by atoms with Crippen molar-refractivity contribution in [1.29, 1.82) is 0 Å². The number of benzene rings is 1. The first-order valence-electron chi connectivity index (χ1n) is 10.0. The minimum atomic E-state index is -0.198. The molecule has 0 saturated heterocycles. The summed E-state index contributed by atoms with van der Waals surface area (Å²) in [6.45, 7) is 6.43. The lowest BCUT2D eigenvalue weighted by Gasteiger charge is -2.34. The molecule has 0 spiro atoms. The van der Waals surface area contributed by atoms with Gasteiger partial charge in [0, 0.05) is 30.7 Å². The molecular formula is C21H32ClN3O2. The van der Waals surface area contributed by atoms with E-state index in [0.717, 1.165) is 50.9 Å². The van der Waals surface area contributed by atoms with Crippen LogP contribution in [0.15, 0.2) is 24.3 Å². The average Bonchev–Trinajstić information content (AvgIpc) is 3.00. The number of hydrogen-bond donors (Lipinski definition) is 2. The van der Waals surface area contributed by atoms with Crippen molar-refractivity contribution in [3.63, 3.8) is 0 Å². The summed E-state index contributed by atoms with van der Waals surface area (Å²) in [5.74, 6) is -0.218. The second-order valence-electron chi connectivity index (χ2n) is 7.53. The normalized spacial score (nSPS) is 24.1. The zero-order valence-electron chi connectivity index (χ0n) is 16.4. The molecule has 150 valence electrons. The van der Waals surface area contributed by atoms with E-state index in [9.17, 15) is 9.59 Å². The molecule has 1 aromatic carbocycles. The molecule has 0 bridgehead atoms. The van der Waals surface area contributed by atoms with E-state index in [1.54, 1.807) is 0 Å². The Morgan fingerprint density at radius 1 is 1.11 bits per heavy atom. The maximum atomic E-state index is 13.4. The summed E-state index contributed by atoms with van der Waals surface area (Å²) in [4.78, 5) is 28.1. The second-order valence-corrected chi connectivity index (χ2v) is 7.53. The molecule has 1 aliphatic heterocycles. The monoisotopic (exact) mass is 393 g/mol. The zero-order valence-corrected chi connectivity index (χ0v) is 17.2. The van der Waals surface area contributed by atoms with Gasteiger partial charge in [-0.05, 0) is 44.4 Å². The van der Waals surface area contributed by atoms with Crippen molar-refractivity contribution in [3.8, 4) is 0 Å². The summed E-state index contributed by atoms with van der Waals surface area (Å²) in [6.07, 6.45) is 4.58. The van der Waals surface area contributed by atoms with Gasteiger partial charge in [0.1, 0.15) is 0 Å². The van der Waals surface area contributed by atoms with E-state index in [2.05, 4.69) is 23.6 Å². The van der Waals surface area contributed by atoms with E-state index >= 15 is 0 Å². The fourth-order valence-electron chi connectivity index (χ4n) is 4.40. The highest BCUT2D eigenvalue weighted by Crippen LogP contribution is 2.38. The van der Waals surface area contributed by atoms with Gasteiger partial charge in [-0.15, -0.1) is 12.4 Å². The Hall–Kier alpha value is -1.59. The average molecular weight is 394 g/mol. The van der Waals surface area contributed by atoms with Gasteiger partial charge in [-0.2, -0.15) is 0 Å². The summed E-state index contributed by atoms with van der Waals surface area (Å²) in [7, 11) is 0. The van der Waals surface area contributed by atoms with Crippen LogP contribution in [0.1, 0.15) is 45.1 Å². The van der Waals surface area contributed by atoms with Gasteiger partial charge in [-0.25, -0.2) is 0 Å². The molecule has 2 N–H and O–H groups in total. The van der Waals surface area contributed by atoms with Crippen LogP contribution in [-0.4, -0.2) is 37.5 Å². The Kier molecular flexibility index (Phi) is 8.11. The van der Waals surface area contributed by atoms with Crippen molar-refractivity contribution in [1.82, 2.24) is 10.6 Å². The third-order valence-corrected chi connectivity index (χ3v) is 5.72. The van der Waals surface area contributed by atoms with Gasteiger partial charge in [0.15, 0.2) is 0 Å². The SMILES string of the molecule is CCNCCNC(=O)C1CCCCC1C(=O)N1c2ccccc2CC1C.Cl. The van der Waals surface area contributed by atoms with Crippen LogP contribution in [0.5, 0.6) is 0 Å². The lowest BCUT2D eigenvalue weighted by atomic mass is 9.77. The number of nitrogens with zero attached hydrogens (tertiary/aromatic N) is 1. The summed E-state index contributed by atoms with van der Waals surface area (Å²) >= 11 is 0. The summed E-state index contributed by atoms with van der Waals surface area (Å²) in [6, 6.07) is 8.32. The van der Waals surface area contributed by atoms with Crippen LogP contribution in [0.3, 0.4) is 0 Å². The van der Waals surface area contributed by atoms with Crippen molar-refractivity contribution in [3.05, 3.63) is 29.8 Å². The fourth-order valence-corrected chi connectivity index (χ4v) is 4.40. The Morgan fingerprint density at radius 3 is 2.56 bits per heavy atom. The van der Waals surface area contributed by atoms with E-state index in [1.807, 2.05) is 30.0 Å². The number of para-hydroxylation sites is 1. The highest BCUT2D eigenvalue weighted by molar-refractivity contribution is 6.00. The Balaban J connectivity index is 0.00000261. The minimum Gasteiger partial charge on any atom is -0.355 e. The van der Waals surface area contributed by atoms with E-state index < -0.39 is 0 Å². The predicted molar refractivity (Wildman–Crippen MR) is 111 cm³/mol. The number of fused-ring (bicyclic) bond motifs is 1. The Morgan fingerprint density at radius 2 is 1.81 bits per heavy atom. The van der Waals surface area contributed by atoms with Crippen LogP contribution in [0.2, 0.25) is 0 Å². The van der Waals surface area contributed by atoms with Crippen LogP contribution in [0.25, 0.3) is 0 Å². The molecule has 3 atom stereocenters. The molecule has 3 rings (SSSR count). The zero-order chi connectivity index (χ0) is 18.5. The van der Waals surface area contributed by atoms with Crippen LogP contribution in [0, 0.1) is 11.8 Å². The van der Waals surface area contributed by atoms with Gasteiger partial charge in [0.25, 0.3) is 0 Å². The van der Waals surface area contributed by atoms with Crippen LogP contribution >= 0.6 is 12.4 Å². The van der Waals surface area contributed by atoms with Crippen LogP contribution in [-0.2, 0) is 16.0 Å². The quantitative estimate of drug-likeness (QED) is 0.730. The lowest BCUT2D eigenvalue weighted by Crippen LogP contribution is -2.47. The van der Waals surface area contributed by atoms with Gasteiger partial charge in [0.05, 0.1) is 5.92 Å². The molecule has 27 heavy (non-hydrogen) atoms. The number of carbonyl (C=O) groups is 2. The Bertz CT molecular complexity index is 652. The molecule has 5 nitrogen and oxygen atoms in total. The number of amides is 2. The number of nitrogens with one attached hydrogen (secondary N) is 2. The molecule has 0 aromatic heterocycles. The maximum Gasteiger partial charge on any atom is 0.231 e. The smallest absolute Gasteiger partial charge is 0.231 e. The van der Waals surface area contributed by atoms with E-state index in [4.69, 9.17) is 0 Å². The molecule has 2 aliphatic rings. The molecular weight excluding hydrogens is 362 g/mol. The summed E-state index contributed by atoms with van der Waals surface area (Å²) in [5.41, 5.74) is 2.26. The Labute approximate surface area is 168 Å². The van der Waals surface area contributed by atoms with Crippen LogP contribution < -0.4 is 15.5 Å². The number of carbonyl (C=O) groups excluding carboxylic acids is 2. The number of hydrogen-bond acceptors (Lipinski definition) is 3. The second kappa shape index (κ2) is 10.1. The van der Waals surface area contributed by atoms with Crippen LogP contribution in [0.4, 0.5) is 5.69 Å². The highest BCUT2D eigenvalue weighted by Gasteiger charge is 2.41. The maximum absolute atomic E-state index is 13.4. The third-order valence-electron chi connectivity index (χ3n) is 5.72. The first-order valence-corrected chi connectivity index (χ1v) is 10.0. The number of rotatable bonds is 6. The van der Waals surface area contributed by atoms with Gasteiger partial charge in [0.2, 0.25) is 11.8 Å². The van der Waals surface area contributed by atoms with Gasteiger partial charge in [-0.1, -0.05) is 38.0 Å². The third kappa shape index (κ3) is 4.82. The molecule has 1 fully saturated rings. The van der Waals surface area contributed by atoms with Crippen molar-refractivity contribution >= 4 is 29.9 Å². The molecule has 3 unspecified atom stereocenters. The fraction of sp³-hybridized carbons (Fsp3) is 0.619. The van der Waals surface area contributed by atoms with Crippen molar-refractivity contribution in [2.45, 2.75) is 52.0 Å². The standard InChI is InChI=1S/C21H31N3O2.ClH/c1-3-22-12-13-23-20(25)17-9-5-6-10-18(17)21(26)24-15(2)14-16-8-4-7-11-19(16)24;/h4,7-8,11,15,17-18,22H,3,5-6,9-10,12-14H2,1-2H3,(H,23,25);1H. The van der Waals surface area contributed by atoms with E-state index in [1.165, 1.54) is 5.56 Å². The highest BCUT2D eigenvalue weighted by atomic mass is 35.5. The lowest BCUT2D eigenvalue weighted by molar-refractivity contribution is -0.135. The van der Waals surface area contributed by atoms with E-state index in [-0.39, 0.29) is 42.1 Å².